The number of hydrogen-bond acceptors (Lipinski definition) is 4. The Morgan fingerprint density at radius 2 is 2.21 bits per heavy atom. The van der Waals surface area contributed by atoms with Gasteiger partial charge in [0.2, 0.25) is 0 Å². The third-order valence-electron chi connectivity index (χ3n) is 3.34. The number of carbonyl (C=O) groups is 1. The molecule has 5 nitrogen and oxygen atoms in total. The molecule has 100 valence electrons. The van der Waals surface area contributed by atoms with Crippen LogP contribution < -0.4 is 11.3 Å². The van der Waals surface area contributed by atoms with Crippen LogP contribution in [-0.2, 0) is 6.54 Å². The molecule has 0 atom stereocenters. The van der Waals surface area contributed by atoms with E-state index in [1.54, 1.807) is 6.07 Å². The van der Waals surface area contributed by atoms with E-state index in [2.05, 4.69) is 16.4 Å². The molecule has 0 unspecified atom stereocenters. The maximum atomic E-state index is 11.7. The highest BCUT2D eigenvalue weighted by atomic mass is 16.2. The van der Waals surface area contributed by atoms with Crippen LogP contribution in [0, 0.1) is 11.3 Å². The van der Waals surface area contributed by atoms with Crippen LogP contribution in [0.2, 0.25) is 0 Å². The van der Waals surface area contributed by atoms with Gasteiger partial charge in [-0.1, -0.05) is 18.2 Å². The summed E-state index contributed by atoms with van der Waals surface area (Å²) in [5.74, 6) is 4.93. The summed E-state index contributed by atoms with van der Waals surface area (Å²) in [6.45, 7) is 1.44. The fraction of sp³-hybridized carbons (Fsp3) is 0.429. The Labute approximate surface area is 113 Å². The Bertz CT molecular complexity index is 490. The lowest BCUT2D eigenvalue weighted by atomic mass is 10.1. The van der Waals surface area contributed by atoms with Gasteiger partial charge in [-0.25, -0.2) is 5.84 Å². The molecule has 19 heavy (non-hydrogen) atoms. The number of carbonyl (C=O) groups excluding carboxylic acids is 1. The predicted molar refractivity (Wildman–Crippen MR) is 71.8 cm³/mol. The van der Waals surface area contributed by atoms with E-state index < -0.39 is 0 Å². The standard InChI is InChI=1S/C14H18N4O/c15-8-3-9-18(12-6-7-12)10-11-4-1-2-5-13(11)14(19)17-16/h1-2,4-5,12H,3,6-7,9-10,16H2,(H,17,19). The average molecular weight is 258 g/mol. The first-order valence-electron chi connectivity index (χ1n) is 6.46. The van der Waals surface area contributed by atoms with E-state index >= 15 is 0 Å². The lowest BCUT2D eigenvalue weighted by molar-refractivity contribution is 0.0951. The lowest BCUT2D eigenvalue weighted by Gasteiger charge is -2.22. The second-order valence-electron chi connectivity index (χ2n) is 4.74. The number of nitriles is 1. The Kier molecular flexibility index (Phi) is 4.50. The average Bonchev–Trinajstić information content (AvgIpc) is 3.27. The van der Waals surface area contributed by atoms with E-state index in [-0.39, 0.29) is 5.91 Å². The molecule has 0 spiro atoms. The highest BCUT2D eigenvalue weighted by Crippen LogP contribution is 2.28. The van der Waals surface area contributed by atoms with Crippen LogP contribution in [0.5, 0.6) is 0 Å². The number of nitrogens with two attached hydrogens (primary N) is 1. The van der Waals surface area contributed by atoms with Crippen LogP contribution in [-0.4, -0.2) is 23.4 Å². The van der Waals surface area contributed by atoms with Crippen LogP contribution in [0.15, 0.2) is 24.3 Å². The molecule has 1 aromatic rings. The van der Waals surface area contributed by atoms with Crippen LogP contribution >= 0.6 is 0 Å². The van der Waals surface area contributed by atoms with Gasteiger partial charge in [-0.3, -0.25) is 15.1 Å². The summed E-state index contributed by atoms with van der Waals surface area (Å²) >= 11 is 0. The van der Waals surface area contributed by atoms with Gasteiger partial charge in [0.1, 0.15) is 0 Å². The molecule has 0 aromatic heterocycles. The Balaban J connectivity index is 2.12. The summed E-state index contributed by atoms with van der Waals surface area (Å²) in [5.41, 5.74) is 3.73. The summed E-state index contributed by atoms with van der Waals surface area (Å²) in [6.07, 6.45) is 2.87. The maximum absolute atomic E-state index is 11.7. The zero-order valence-electron chi connectivity index (χ0n) is 10.8. The smallest absolute Gasteiger partial charge is 0.265 e. The maximum Gasteiger partial charge on any atom is 0.265 e. The molecular weight excluding hydrogens is 240 g/mol. The van der Waals surface area contributed by atoms with Crippen molar-refractivity contribution in [3.05, 3.63) is 35.4 Å². The molecule has 0 bridgehead atoms. The van der Waals surface area contributed by atoms with Gasteiger partial charge in [0.05, 0.1) is 6.07 Å². The monoisotopic (exact) mass is 258 g/mol. The normalized spacial score (nSPS) is 14.2. The number of rotatable bonds is 6. The first-order valence-corrected chi connectivity index (χ1v) is 6.46. The molecule has 1 fully saturated rings. The fourth-order valence-corrected chi connectivity index (χ4v) is 2.20. The molecule has 1 amide bonds. The van der Waals surface area contributed by atoms with Crippen molar-refractivity contribution in [3.63, 3.8) is 0 Å². The minimum atomic E-state index is -0.272. The molecule has 1 aromatic carbocycles. The number of benzene rings is 1. The molecule has 3 N–H and O–H groups in total. The summed E-state index contributed by atoms with van der Waals surface area (Å²) in [6, 6.07) is 10.2. The quantitative estimate of drug-likeness (QED) is 0.456. The topological polar surface area (TPSA) is 82.2 Å². The largest absolute Gasteiger partial charge is 0.295 e. The van der Waals surface area contributed by atoms with Crippen LogP contribution in [0.25, 0.3) is 0 Å². The van der Waals surface area contributed by atoms with Crippen molar-refractivity contribution in [1.29, 1.82) is 5.26 Å². The lowest BCUT2D eigenvalue weighted by Crippen LogP contribution is -2.32. The molecule has 1 aliphatic rings. The van der Waals surface area contributed by atoms with Gasteiger partial charge >= 0.3 is 0 Å². The van der Waals surface area contributed by atoms with Gasteiger partial charge in [-0.15, -0.1) is 0 Å². The second-order valence-corrected chi connectivity index (χ2v) is 4.74. The number of nitrogens with zero attached hydrogens (tertiary/aromatic N) is 2. The van der Waals surface area contributed by atoms with Crippen LogP contribution in [0.4, 0.5) is 0 Å². The molecule has 0 heterocycles. The van der Waals surface area contributed by atoms with Gasteiger partial charge in [0, 0.05) is 31.1 Å². The molecule has 0 saturated heterocycles. The van der Waals surface area contributed by atoms with Gasteiger partial charge < -0.3 is 0 Å². The van der Waals surface area contributed by atoms with Crippen LogP contribution in [0.1, 0.15) is 35.2 Å². The molecule has 0 aliphatic heterocycles. The highest BCUT2D eigenvalue weighted by Gasteiger charge is 2.29. The van der Waals surface area contributed by atoms with E-state index in [1.165, 1.54) is 12.8 Å². The molecule has 5 heteroatoms. The number of hydrazine groups is 1. The summed E-state index contributed by atoms with van der Waals surface area (Å²) in [7, 11) is 0. The summed E-state index contributed by atoms with van der Waals surface area (Å²) in [4.78, 5) is 14.0. The minimum Gasteiger partial charge on any atom is -0.295 e. The van der Waals surface area contributed by atoms with E-state index in [0.717, 1.165) is 12.1 Å². The van der Waals surface area contributed by atoms with Crippen molar-refractivity contribution in [3.8, 4) is 6.07 Å². The molecular formula is C14H18N4O. The zero-order chi connectivity index (χ0) is 13.7. The van der Waals surface area contributed by atoms with Crippen molar-refractivity contribution in [2.45, 2.75) is 31.8 Å². The highest BCUT2D eigenvalue weighted by molar-refractivity contribution is 5.95. The van der Waals surface area contributed by atoms with E-state index in [1.807, 2.05) is 18.2 Å². The van der Waals surface area contributed by atoms with Gasteiger partial charge in [0.25, 0.3) is 5.91 Å². The van der Waals surface area contributed by atoms with Crippen molar-refractivity contribution in [2.24, 2.45) is 5.84 Å². The van der Waals surface area contributed by atoms with Crippen molar-refractivity contribution >= 4 is 5.91 Å². The molecule has 2 rings (SSSR count). The number of hydrogen-bond donors (Lipinski definition) is 2. The van der Waals surface area contributed by atoms with Gasteiger partial charge in [-0.05, 0) is 24.5 Å². The second kappa shape index (κ2) is 6.32. The first-order chi connectivity index (χ1) is 9.26. The van der Waals surface area contributed by atoms with E-state index in [4.69, 9.17) is 11.1 Å². The third-order valence-corrected chi connectivity index (χ3v) is 3.34. The third kappa shape index (κ3) is 3.53. The number of nitrogens with one attached hydrogen (secondary N) is 1. The zero-order valence-corrected chi connectivity index (χ0v) is 10.8. The molecule has 1 aliphatic carbocycles. The van der Waals surface area contributed by atoms with E-state index in [9.17, 15) is 4.79 Å². The van der Waals surface area contributed by atoms with Crippen LogP contribution in [0.3, 0.4) is 0 Å². The van der Waals surface area contributed by atoms with E-state index in [0.29, 0.717) is 24.6 Å². The number of amides is 1. The van der Waals surface area contributed by atoms with Crippen molar-refractivity contribution < 1.29 is 4.79 Å². The van der Waals surface area contributed by atoms with Gasteiger partial charge in [0.15, 0.2) is 0 Å². The SMILES string of the molecule is N#CCCN(Cc1ccccc1C(=O)NN)C1CC1. The predicted octanol–water partition coefficient (Wildman–Crippen LogP) is 1.17. The molecule has 0 radical (unpaired) electrons. The molecule has 1 saturated carbocycles. The summed E-state index contributed by atoms with van der Waals surface area (Å²) in [5, 5.41) is 8.71. The fourth-order valence-electron chi connectivity index (χ4n) is 2.20. The Morgan fingerprint density at radius 3 is 2.84 bits per heavy atom. The first kappa shape index (κ1) is 13.5. The van der Waals surface area contributed by atoms with Crippen molar-refractivity contribution in [1.82, 2.24) is 10.3 Å². The van der Waals surface area contributed by atoms with Crippen molar-refractivity contribution in [2.75, 3.05) is 6.54 Å². The Hall–Kier alpha value is -1.90. The minimum absolute atomic E-state index is 0.272. The van der Waals surface area contributed by atoms with Gasteiger partial charge in [-0.2, -0.15) is 5.26 Å². The summed E-state index contributed by atoms with van der Waals surface area (Å²) < 4.78 is 0. The number of nitrogen functional groups attached to an aromatic ring is 1. The Morgan fingerprint density at radius 1 is 1.47 bits per heavy atom.